The normalized spacial score (nSPS) is 11.4. The average Bonchev–Trinajstić information content (AvgIpc) is 2.83. The Labute approximate surface area is 141 Å². The van der Waals surface area contributed by atoms with E-state index in [1.807, 2.05) is 23.9 Å². The Kier molecular flexibility index (Phi) is 7.21. The summed E-state index contributed by atoms with van der Waals surface area (Å²) in [5.41, 5.74) is 2.04. The molecule has 0 spiro atoms. The zero-order valence-electron chi connectivity index (χ0n) is 12.4. The quantitative estimate of drug-likeness (QED) is 0.448. The minimum atomic E-state index is 0.592. The Morgan fingerprint density at radius 1 is 1.19 bits per heavy atom. The first-order valence-electron chi connectivity index (χ1n) is 7.46. The van der Waals surface area contributed by atoms with Gasteiger partial charge in [0.15, 0.2) is 0 Å². The number of alkyl halides is 1. The molecule has 1 aromatic carbocycles. The molecule has 0 unspecified atom stereocenters. The zero-order chi connectivity index (χ0) is 15.1. The number of aryl methyl sites for hydroxylation is 2. The molecule has 1 aromatic heterocycles. The van der Waals surface area contributed by atoms with Crippen LogP contribution in [0.1, 0.15) is 31.5 Å². The van der Waals surface area contributed by atoms with E-state index in [-0.39, 0.29) is 0 Å². The molecular weight excluding hydrogens is 323 g/mol. The monoisotopic (exact) mass is 344 g/mol. The van der Waals surface area contributed by atoms with E-state index < -0.39 is 0 Å². The smallest absolute Gasteiger partial charge is 0.111 e. The third-order valence-electron chi connectivity index (χ3n) is 3.61. The van der Waals surface area contributed by atoms with Gasteiger partial charge in [-0.3, -0.25) is 0 Å². The Morgan fingerprint density at radius 3 is 2.76 bits per heavy atom. The van der Waals surface area contributed by atoms with Gasteiger partial charge >= 0.3 is 0 Å². The summed E-state index contributed by atoms with van der Waals surface area (Å²) in [6, 6.07) is 5.99. The molecule has 2 rings (SSSR count). The van der Waals surface area contributed by atoms with Gasteiger partial charge in [-0.05, 0) is 37.0 Å². The Bertz CT molecular complexity index is 569. The molecule has 0 radical (unpaired) electrons. The second kappa shape index (κ2) is 8.92. The van der Waals surface area contributed by atoms with Crippen LogP contribution in [0, 0.1) is 0 Å². The summed E-state index contributed by atoms with van der Waals surface area (Å²) in [6.07, 6.45) is 8.02. The SMILES string of the molecule is CSCCCCCCn1c(CCCl)nc2c(Cl)cccc21. The molecule has 0 aliphatic rings. The van der Waals surface area contributed by atoms with Crippen molar-refractivity contribution < 1.29 is 0 Å². The summed E-state index contributed by atoms with van der Waals surface area (Å²) in [5.74, 6) is 2.91. The maximum Gasteiger partial charge on any atom is 0.111 e. The van der Waals surface area contributed by atoms with E-state index >= 15 is 0 Å². The fourth-order valence-electron chi connectivity index (χ4n) is 2.56. The molecule has 0 N–H and O–H groups in total. The van der Waals surface area contributed by atoms with Gasteiger partial charge < -0.3 is 4.57 Å². The molecule has 2 nitrogen and oxygen atoms in total. The molecule has 0 aliphatic heterocycles. The van der Waals surface area contributed by atoms with E-state index in [9.17, 15) is 0 Å². The first-order chi connectivity index (χ1) is 10.3. The number of aromatic nitrogens is 2. The van der Waals surface area contributed by atoms with Crippen molar-refractivity contribution in [2.24, 2.45) is 0 Å². The van der Waals surface area contributed by atoms with Crippen molar-refractivity contribution in [1.29, 1.82) is 0 Å². The molecule has 0 atom stereocenters. The second-order valence-electron chi connectivity index (χ2n) is 5.13. The lowest BCUT2D eigenvalue weighted by atomic mass is 10.2. The van der Waals surface area contributed by atoms with E-state index in [4.69, 9.17) is 23.2 Å². The Morgan fingerprint density at radius 2 is 2.00 bits per heavy atom. The van der Waals surface area contributed by atoms with Gasteiger partial charge in [0, 0.05) is 18.8 Å². The number of imidazole rings is 1. The Balaban J connectivity index is 2.06. The molecule has 5 heteroatoms. The molecule has 0 saturated carbocycles. The third kappa shape index (κ3) is 4.54. The molecule has 0 aliphatic carbocycles. The Hall–Kier alpha value is -0.380. The van der Waals surface area contributed by atoms with Gasteiger partial charge in [-0.2, -0.15) is 11.8 Å². The van der Waals surface area contributed by atoms with Crippen LogP contribution in [0.5, 0.6) is 0 Å². The van der Waals surface area contributed by atoms with Crippen LogP contribution in [0.3, 0.4) is 0 Å². The maximum atomic E-state index is 6.25. The van der Waals surface area contributed by atoms with Crippen molar-refractivity contribution in [3.05, 3.63) is 29.0 Å². The van der Waals surface area contributed by atoms with Crippen molar-refractivity contribution in [3.8, 4) is 0 Å². The zero-order valence-corrected chi connectivity index (χ0v) is 14.8. The highest BCUT2D eigenvalue weighted by atomic mass is 35.5. The van der Waals surface area contributed by atoms with E-state index in [0.29, 0.717) is 5.88 Å². The van der Waals surface area contributed by atoms with Gasteiger partial charge in [0.05, 0.1) is 10.5 Å². The van der Waals surface area contributed by atoms with Gasteiger partial charge in [0.2, 0.25) is 0 Å². The number of para-hydroxylation sites is 1. The van der Waals surface area contributed by atoms with E-state index in [0.717, 1.165) is 34.8 Å². The summed E-state index contributed by atoms with van der Waals surface area (Å²) in [4.78, 5) is 4.67. The lowest BCUT2D eigenvalue weighted by Gasteiger charge is -2.08. The molecule has 0 saturated heterocycles. The number of halogens is 2. The highest BCUT2D eigenvalue weighted by molar-refractivity contribution is 7.98. The van der Waals surface area contributed by atoms with Gasteiger partial charge in [0.1, 0.15) is 11.3 Å². The fourth-order valence-corrected chi connectivity index (χ4v) is 3.43. The summed E-state index contributed by atoms with van der Waals surface area (Å²) in [5, 5.41) is 0.724. The molecule has 21 heavy (non-hydrogen) atoms. The highest BCUT2D eigenvalue weighted by Crippen LogP contribution is 2.25. The van der Waals surface area contributed by atoms with Crippen LogP contribution in [-0.4, -0.2) is 27.4 Å². The third-order valence-corrected chi connectivity index (χ3v) is 4.80. The lowest BCUT2D eigenvalue weighted by Crippen LogP contribution is -2.05. The first-order valence-corrected chi connectivity index (χ1v) is 9.77. The number of thioether (sulfide) groups is 1. The summed E-state index contributed by atoms with van der Waals surface area (Å²) >= 11 is 14.1. The number of rotatable bonds is 9. The van der Waals surface area contributed by atoms with Gasteiger partial charge in [0.25, 0.3) is 0 Å². The molecule has 1 heterocycles. The standard InChI is InChI=1S/C16H22Cl2N2S/c1-21-12-5-3-2-4-11-20-14-8-6-7-13(18)16(14)19-15(20)9-10-17/h6-8H,2-5,9-12H2,1H3. The maximum absolute atomic E-state index is 6.25. The van der Waals surface area contributed by atoms with Crippen LogP contribution in [0.15, 0.2) is 18.2 Å². The number of fused-ring (bicyclic) bond motifs is 1. The molecule has 0 bridgehead atoms. The fraction of sp³-hybridized carbons (Fsp3) is 0.562. The van der Waals surface area contributed by atoms with E-state index in [2.05, 4.69) is 21.9 Å². The van der Waals surface area contributed by atoms with Crippen LogP contribution < -0.4 is 0 Å². The highest BCUT2D eigenvalue weighted by Gasteiger charge is 2.12. The minimum absolute atomic E-state index is 0.592. The van der Waals surface area contributed by atoms with Crippen molar-refractivity contribution in [2.75, 3.05) is 17.9 Å². The van der Waals surface area contributed by atoms with Gasteiger partial charge in [-0.1, -0.05) is 30.5 Å². The largest absolute Gasteiger partial charge is 0.328 e. The van der Waals surface area contributed by atoms with Crippen molar-refractivity contribution in [2.45, 2.75) is 38.6 Å². The first kappa shape index (κ1) is 17.0. The molecule has 0 amide bonds. The van der Waals surface area contributed by atoms with Gasteiger partial charge in [-0.25, -0.2) is 4.98 Å². The van der Waals surface area contributed by atoms with E-state index in [1.165, 1.54) is 31.4 Å². The number of nitrogens with zero attached hydrogens (tertiary/aromatic N) is 2. The predicted molar refractivity (Wildman–Crippen MR) is 96.0 cm³/mol. The van der Waals surface area contributed by atoms with E-state index in [1.54, 1.807) is 0 Å². The van der Waals surface area contributed by atoms with Crippen molar-refractivity contribution in [1.82, 2.24) is 9.55 Å². The molecule has 2 aromatic rings. The van der Waals surface area contributed by atoms with Crippen LogP contribution in [0.4, 0.5) is 0 Å². The van der Waals surface area contributed by atoms with Crippen LogP contribution >= 0.6 is 35.0 Å². The second-order valence-corrected chi connectivity index (χ2v) is 6.90. The van der Waals surface area contributed by atoms with Gasteiger partial charge in [-0.15, -0.1) is 11.6 Å². The average molecular weight is 345 g/mol. The number of unbranched alkanes of at least 4 members (excludes halogenated alkanes) is 3. The molecule has 0 fully saturated rings. The summed E-state index contributed by atoms with van der Waals surface area (Å²) in [7, 11) is 0. The predicted octanol–water partition coefficient (Wildman–Crippen LogP) is 5.39. The molecule has 116 valence electrons. The summed E-state index contributed by atoms with van der Waals surface area (Å²) < 4.78 is 2.29. The number of hydrogen-bond acceptors (Lipinski definition) is 2. The van der Waals surface area contributed by atoms with Crippen LogP contribution in [-0.2, 0) is 13.0 Å². The molecular formula is C16H22Cl2N2S. The van der Waals surface area contributed by atoms with Crippen molar-refractivity contribution >= 4 is 46.0 Å². The van der Waals surface area contributed by atoms with Crippen molar-refractivity contribution in [3.63, 3.8) is 0 Å². The lowest BCUT2D eigenvalue weighted by molar-refractivity contribution is 0.578. The summed E-state index contributed by atoms with van der Waals surface area (Å²) in [6.45, 7) is 1.00. The number of hydrogen-bond donors (Lipinski definition) is 0. The van der Waals surface area contributed by atoms with Crippen LogP contribution in [0.25, 0.3) is 11.0 Å². The number of benzene rings is 1. The minimum Gasteiger partial charge on any atom is -0.328 e. The topological polar surface area (TPSA) is 17.8 Å². The van der Waals surface area contributed by atoms with Crippen LogP contribution in [0.2, 0.25) is 5.02 Å².